The molecule has 0 radical (unpaired) electrons. The van der Waals surface area contributed by atoms with E-state index in [-0.39, 0.29) is 0 Å². The molecule has 5 nitrogen and oxygen atoms in total. The molecule has 20 heavy (non-hydrogen) atoms. The minimum atomic E-state index is 0.313. The van der Waals surface area contributed by atoms with Crippen LogP contribution >= 0.6 is 0 Å². The van der Waals surface area contributed by atoms with Gasteiger partial charge >= 0.3 is 0 Å². The third-order valence-corrected chi connectivity index (χ3v) is 3.36. The van der Waals surface area contributed by atoms with Crippen molar-refractivity contribution in [2.75, 3.05) is 5.73 Å². The maximum absolute atomic E-state index is 6.31. The van der Waals surface area contributed by atoms with Gasteiger partial charge in [-0.05, 0) is 6.42 Å². The minimum Gasteiger partial charge on any atom is -0.383 e. The fraction of sp³-hybridized carbons (Fsp3) is 0.467. The van der Waals surface area contributed by atoms with Gasteiger partial charge in [0.25, 0.3) is 0 Å². The Morgan fingerprint density at radius 1 is 1.45 bits per heavy atom. The number of nitrogens with two attached hydrogens (primary N) is 1. The first-order chi connectivity index (χ1) is 9.49. The van der Waals surface area contributed by atoms with E-state index in [9.17, 15) is 0 Å². The van der Waals surface area contributed by atoms with Crippen molar-refractivity contribution in [2.45, 2.75) is 39.7 Å². The van der Waals surface area contributed by atoms with E-state index in [0.717, 1.165) is 29.2 Å². The average molecular weight is 273 g/mol. The molecule has 108 valence electrons. The Morgan fingerprint density at radius 3 is 2.70 bits per heavy atom. The Labute approximate surface area is 120 Å². The summed E-state index contributed by atoms with van der Waals surface area (Å²) >= 11 is 0. The molecule has 0 saturated heterocycles. The lowest BCUT2D eigenvalue weighted by Gasteiger charge is -2.09. The molecule has 2 rings (SSSR count). The molecule has 0 saturated carbocycles. The molecular formula is C15H23N5. The van der Waals surface area contributed by atoms with Gasteiger partial charge in [0.05, 0.1) is 5.69 Å². The summed E-state index contributed by atoms with van der Waals surface area (Å²) in [6.45, 7) is 10.8. The van der Waals surface area contributed by atoms with Crippen LogP contribution in [0, 0.1) is 0 Å². The number of rotatable bonds is 5. The van der Waals surface area contributed by atoms with E-state index in [2.05, 4.69) is 32.4 Å². The van der Waals surface area contributed by atoms with E-state index in [1.165, 1.54) is 0 Å². The van der Waals surface area contributed by atoms with Gasteiger partial charge in [-0.3, -0.25) is 4.68 Å². The molecule has 2 heterocycles. The van der Waals surface area contributed by atoms with Crippen LogP contribution in [-0.2, 0) is 20.0 Å². The molecule has 0 atom stereocenters. The summed E-state index contributed by atoms with van der Waals surface area (Å²) in [6.07, 6.45) is 4.69. The van der Waals surface area contributed by atoms with Crippen LogP contribution in [0.25, 0.3) is 11.3 Å². The molecule has 0 aliphatic carbocycles. The topological polar surface area (TPSA) is 61.7 Å². The SMILES string of the molecule is C=CCn1c(C(C)C)nc(-c2cn(C)nc2CC)c1N. The fourth-order valence-corrected chi connectivity index (χ4v) is 2.44. The number of allylic oxidation sites excluding steroid dienone is 1. The van der Waals surface area contributed by atoms with Crippen LogP contribution in [0.4, 0.5) is 5.82 Å². The number of aromatic nitrogens is 4. The molecule has 0 aliphatic heterocycles. The number of aryl methyl sites for hydroxylation is 2. The first kappa shape index (κ1) is 14.4. The summed E-state index contributed by atoms with van der Waals surface area (Å²) in [4.78, 5) is 4.76. The standard InChI is InChI=1S/C15H23N5/c1-6-8-20-14(16)13(17-15(20)10(3)4)11-9-19(5)18-12(11)7-2/h6,9-10H,1,7-8,16H2,2-5H3. The van der Waals surface area contributed by atoms with Crippen molar-refractivity contribution in [3.63, 3.8) is 0 Å². The summed E-state index contributed by atoms with van der Waals surface area (Å²) in [5.74, 6) is 1.99. The van der Waals surface area contributed by atoms with Gasteiger partial charge in [0.1, 0.15) is 17.3 Å². The first-order valence-corrected chi connectivity index (χ1v) is 6.99. The lowest BCUT2D eigenvalue weighted by molar-refractivity contribution is 0.684. The van der Waals surface area contributed by atoms with Gasteiger partial charge in [0.15, 0.2) is 0 Å². The van der Waals surface area contributed by atoms with E-state index in [4.69, 9.17) is 10.7 Å². The molecule has 2 aromatic rings. The molecular weight excluding hydrogens is 250 g/mol. The average Bonchev–Trinajstić information content (AvgIpc) is 2.92. The van der Waals surface area contributed by atoms with Crippen molar-refractivity contribution in [2.24, 2.45) is 7.05 Å². The normalized spacial score (nSPS) is 11.2. The maximum Gasteiger partial charge on any atom is 0.132 e. The van der Waals surface area contributed by atoms with Crippen molar-refractivity contribution in [3.05, 3.63) is 30.4 Å². The number of hydrogen-bond acceptors (Lipinski definition) is 3. The molecule has 0 bridgehead atoms. The summed E-state index contributed by atoms with van der Waals surface area (Å²) in [5.41, 5.74) is 9.19. The maximum atomic E-state index is 6.31. The second-order valence-electron chi connectivity index (χ2n) is 5.27. The van der Waals surface area contributed by atoms with E-state index >= 15 is 0 Å². The van der Waals surface area contributed by atoms with Crippen LogP contribution in [0.15, 0.2) is 18.9 Å². The summed E-state index contributed by atoms with van der Waals surface area (Å²) in [5, 5.41) is 4.47. The lowest BCUT2D eigenvalue weighted by Crippen LogP contribution is -2.07. The van der Waals surface area contributed by atoms with E-state index < -0.39 is 0 Å². The van der Waals surface area contributed by atoms with Gasteiger partial charge in [0.2, 0.25) is 0 Å². The summed E-state index contributed by atoms with van der Waals surface area (Å²) < 4.78 is 3.84. The van der Waals surface area contributed by atoms with Gasteiger partial charge in [-0.2, -0.15) is 5.10 Å². The zero-order valence-electron chi connectivity index (χ0n) is 12.7. The monoisotopic (exact) mass is 273 g/mol. The predicted molar refractivity (Wildman–Crippen MR) is 82.5 cm³/mol. The van der Waals surface area contributed by atoms with E-state index in [1.54, 1.807) is 0 Å². The molecule has 0 spiro atoms. The molecule has 0 aromatic carbocycles. The second kappa shape index (κ2) is 5.53. The van der Waals surface area contributed by atoms with Crippen LogP contribution in [0.3, 0.4) is 0 Å². The number of nitrogens with zero attached hydrogens (tertiary/aromatic N) is 4. The van der Waals surface area contributed by atoms with Gasteiger partial charge in [-0.15, -0.1) is 6.58 Å². The number of nitrogen functional groups attached to an aromatic ring is 1. The highest BCUT2D eigenvalue weighted by Crippen LogP contribution is 2.31. The molecule has 2 aromatic heterocycles. The molecule has 5 heteroatoms. The number of hydrogen-bond donors (Lipinski definition) is 1. The van der Waals surface area contributed by atoms with Crippen molar-refractivity contribution in [3.8, 4) is 11.3 Å². The highest BCUT2D eigenvalue weighted by atomic mass is 15.3. The zero-order valence-corrected chi connectivity index (χ0v) is 12.7. The van der Waals surface area contributed by atoms with Crippen LogP contribution < -0.4 is 5.73 Å². The van der Waals surface area contributed by atoms with Crippen LogP contribution in [0.5, 0.6) is 0 Å². The second-order valence-corrected chi connectivity index (χ2v) is 5.27. The Bertz CT molecular complexity index is 618. The van der Waals surface area contributed by atoms with Crippen LogP contribution in [0.2, 0.25) is 0 Å². The lowest BCUT2D eigenvalue weighted by atomic mass is 10.1. The number of imidazole rings is 1. The Morgan fingerprint density at radius 2 is 2.15 bits per heavy atom. The van der Waals surface area contributed by atoms with E-state index in [1.807, 2.05) is 28.6 Å². The van der Waals surface area contributed by atoms with Crippen molar-refractivity contribution < 1.29 is 0 Å². The van der Waals surface area contributed by atoms with E-state index in [0.29, 0.717) is 18.3 Å². The van der Waals surface area contributed by atoms with Crippen LogP contribution in [0.1, 0.15) is 38.2 Å². The third kappa shape index (κ3) is 2.35. The minimum absolute atomic E-state index is 0.313. The zero-order chi connectivity index (χ0) is 14.9. The van der Waals surface area contributed by atoms with Gasteiger partial charge in [-0.25, -0.2) is 4.98 Å². The van der Waals surface area contributed by atoms with Crippen molar-refractivity contribution in [1.29, 1.82) is 0 Å². The first-order valence-electron chi connectivity index (χ1n) is 6.99. The van der Waals surface area contributed by atoms with Crippen molar-refractivity contribution >= 4 is 5.82 Å². The summed E-state index contributed by atoms with van der Waals surface area (Å²) in [6, 6.07) is 0. The molecule has 2 N–H and O–H groups in total. The Hall–Kier alpha value is -2.04. The highest BCUT2D eigenvalue weighted by molar-refractivity contribution is 5.72. The molecule has 0 aliphatic rings. The molecule has 0 unspecified atom stereocenters. The Balaban J connectivity index is 2.62. The largest absolute Gasteiger partial charge is 0.383 e. The molecule has 0 fully saturated rings. The van der Waals surface area contributed by atoms with Gasteiger partial charge in [0, 0.05) is 31.3 Å². The van der Waals surface area contributed by atoms with Gasteiger partial charge in [-0.1, -0.05) is 26.8 Å². The van der Waals surface area contributed by atoms with Crippen LogP contribution in [-0.4, -0.2) is 19.3 Å². The number of anilines is 1. The smallest absolute Gasteiger partial charge is 0.132 e. The predicted octanol–water partition coefficient (Wildman–Crippen LogP) is 2.74. The molecule has 0 amide bonds. The highest BCUT2D eigenvalue weighted by Gasteiger charge is 2.20. The quantitative estimate of drug-likeness (QED) is 0.852. The van der Waals surface area contributed by atoms with Crippen molar-refractivity contribution in [1.82, 2.24) is 19.3 Å². The fourth-order valence-electron chi connectivity index (χ4n) is 2.44. The summed E-state index contributed by atoms with van der Waals surface area (Å²) in [7, 11) is 1.92. The third-order valence-electron chi connectivity index (χ3n) is 3.36. The van der Waals surface area contributed by atoms with Gasteiger partial charge < -0.3 is 10.3 Å². The Kier molecular flexibility index (Phi) is 3.97.